The second-order valence-electron chi connectivity index (χ2n) is 8.94. The van der Waals surface area contributed by atoms with Crippen LogP contribution in [0.5, 0.6) is 0 Å². The molecule has 44 heavy (non-hydrogen) atoms. The van der Waals surface area contributed by atoms with Crippen molar-refractivity contribution in [2.75, 3.05) is 64.7 Å². The summed E-state index contributed by atoms with van der Waals surface area (Å²) in [7, 11) is 0.528. The average Bonchev–Trinajstić information content (AvgIpc) is 2.96. The van der Waals surface area contributed by atoms with Crippen molar-refractivity contribution in [2.24, 2.45) is 15.0 Å². The molecule has 0 unspecified atom stereocenters. The maximum absolute atomic E-state index is 14.0. The minimum atomic E-state index is -4.85. The highest BCUT2D eigenvalue weighted by atomic mass is 32.2. The fraction of sp³-hybridized carbons (Fsp3) is 0.333. The Balaban J connectivity index is 2.26. The Kier molecular flexibility index (Phi) is 13.8. The molecule has 0 radical (unpaired) electrons. The van der Waals surface area contributed by atoms with Gasteiger partial charge in [-0.3, -0.25) is 9.79 Å². The van der Waals surface area contributed by atoms with E-state index in [0.717, 1.165) is 10.4 Å². The molecule has 0 atom stereocenters. The third kappa shape index (κ3) is 11.0. The topological polar surface area (TPSA) is 152 Å². The number of halogens is 3. The maximum Gasteiger partial charge on any atom is 0.421 e. The minimum Gasteiger partial charge on any atom is -0.480 e. The summed E-state index contributed by atoms with van der Waals surface area (Å²) in [4.78, 5) is 23.3. The van der Waals surface area contributed by atoms with Crippen molar-refractivity contribution in [2.45, 2.75) is 6.18 Å². The number of rotatable bonds is 11. The van der Waals surface area contributed by atoms with Crippen molar-refractivity contribution in [3.63, 3.8) is 0 Å². The number of methoxy groups -OCH3 is 1. The number of nitrogens with zero attached hydrogens (tertiary/aromatic N) is 5. The van der Waals surface area contributed by atoms with E-state index in [-0.39, 0.29) is 37.9 Å². The van der Waals surface area contributed by atoms with E-state index < -0.39 is 33.7 Å². The molecule has 1 aliphatic heterocycles. The molecule has 1 aromatic carbocycles. The van der Waals surface area contributed by atoms with Gasteiger partial charge < -0.3 is 26.0 Å². The van der Waals surface area contributed by atoms with Gasteiger partial charge in [0.05, 0.1) is 19.4 Å². The highest BCUT2D eigenvalue weighted by molar-refractivity contribution is 7.86. The number of carbonyl (C=O) groups is 1. The van der Waals surface area contributed by atoms with E-state index in [4.69, 9.17) is 4.74 Å². The van der Waals surface area contributed by atoms with Gasteiger partial charge in [-0.15, -0.1) is 0 Å². The molecule has 0 aromatic heterocycles. The summed E-state index contributed by atoms with van der Waals surface area (Å²) in [5, 5.41) is 10.9. The van der Waals surface area contributed by atoms with Crippen LogP contribution in [-0.2, 0) is 19.7 Å². The van der Waals surface area contributed by atoms with Crippen LogP contribution in [0.1, 0.15) is 0 Å². The van der Waals surface area contributed by atoms with Crippen LogP contribution in [0.4, 0.5) is 24.5 Å². The molecular formula is C27H36F3N9O4S. The normalized spacial score (nSPS) is 19.1. The molecule has 0 spiro atoms. The molecule has 240 valence electrons. The van der Waals surface area contributed by atoms with Crippen LogP contribution in [0, 0.1) is 0 Å². The first kappa shape index (κ1) is 35.7. The summed E-state index contributed by atoms with van der Waals surface area (Å²) >= 11 is 0. The predicted octanol–water partition coefficient (Wildman–Crippen LogP) is 2.47. The molecule has 1 aliphatic rings. The van der Waals surface area contributed by atoms with Crippen LogP contribution in [0.2, 0.25) is 0 Å². The van der Waals surface area contributed by atoms with Gasteiger partial charge in [0, 0.05) is 51.3 Å². The lowest BCUT2D eigenvalue weighted by Crippen LogP contribution is -2.44. The fourth-order valence-electron chi connectivity index (χ4n) is 3.52. The number of anilines is 2. The van der Waals surface area contributed by atoms with Crippen LogP contribution in [-0.4, -0.2) is 102 Å². The first-order chi connectivity index (χ1) is 20.8. The third-order valence-electron chi connectivity index (χ3n) is 5.68. The summed E-state index contributed by atoms with van der Waals surface area (Å²) in [6.45, 7) is 6.95. The van der Waals surface area contributed by atoms with E-state index in [1.165, 1.54) is 43.7 Å². The van der Waals surface area contributed by atoms with Crippen molar-refractivity contribution in [1.29, 1.82) is 0 Å². The van der Waals surface area contributed by atoms with Gasteiger partial charge in [-0.2, -0.15) is 30.2 Å². The molecule has 17 heteroatoms. The highest BCUT2D eigenvalue weighted by Crippen LogP contribution is 2.28. The molecule has 1 heterocycles. The second kappa shape index (κ2) is 17.0. The number of allylic oxidation sites excluding steroid dienone is 3. The van der Waals surface area contributed by atoms with Crippen LogP contribution >= 0.6 is 0 Å². The Hall–Kier alpha value is -4.48. The molecule has 2 rings (SSSR count). The summed E-state index contributed by atoms with van der Waals surface area (Å²) in [5.74, 6) is -0.999. The molecule has 0 aliphatic carbocycles. The number of aliphatic imine (C=N–C) groups is 3. The van der Waals surface area contributed by atoms with Crippen LogP contribution in [0.25, 0.3) is 0 Å². The van der Waals surface area contributed by atoms with Gasteiger partial charge in [-0.05, 0) is 49.3 Å². The molecule has 4 N–H and O–H groups in total. The van der Waals surface area contributed by atoms with E-state index >= 15 is 0 Å². The summed E-state index contributed by atoms with van der Waals surface area (Å²) in [5.41, 5.74) is -0.373. The van der Waals surface area contributed by atoms with Crippen LogP contribution in [0.3, 0.4) is 0 Å². The Bertz CT molecular complexity index is 1440. The lowest BCUT2D eigenvalue weighted by atomic mass is 10.2. The Labute approximate surface area is 254 Å². The lowest BCUT2D eigenvalue weighted by molar-refractivity contribution is -0.111. The standard InChI is InChI=1S/C27H36F3N9O4S/c1-6-24(40)36-20-9-7-10-21(17-20)37-25(31-2)22(27(28,29)30)18-33-19-35-23-11-8-12-32-13-15-39(44(41,42)38(3)4)16-14-34-26(23)43-5/h6-12,17-18,32,35,37H,1-2,13-16,19H2,3-5H3,(H,36,40)/b12-8+,23-11+,25-22-,33-18-,34-26+. The zero-order valence-corrected chi connectivity index (χ0v) is 25.4. The largest absolute Gasteiger partial charge is 0.480 e. The number of carbonyl (C=O) groups excluding carboxylic acids is 1. The molecular weight excluding hydrogens is 603 g/mol. The first-order valence-electron chi connectivity index (χ1n) is 13.0. The maximum atomic E-state index is 14.0. The van der Waals surface area contributed by atoms with E-state index in [0.29, 0.717) is 24.1 Å². The van der Waals surface area contributed by atoms with Gasteiger partial charge >= 0.3 is 6.18 Å². The van der Waals surface area contributed by atoms with Crippen LogP contribution in [0.15, 0.2) is 87.3 Å². The average molecular weight is 640 g/mol. The number of alkyl halides is 3. The zero-order chi connectivity index (χ0) is 32.8. The molecule has 1 aromatic rings. The van der Waals surface area contributed by atoms with Gasteiger partial charge in [-0.1, -0.05) is 12.6 Å². The molecule has 0 saturated carbocycles. The van der Waals surface area contributed by atoms with E-state index in [1.54, 1.807) is 24.4 Å². The van der Waals surface area contributed by atoms with E-state index in [1.807, 2.05) is 0 Å². The first-order valence-corrected chi connectivity index (χ1v) is 14.4. The highest BCUT2D eigenvalue weighted by Gasteiger charge is 2.36. The summed E-state index contributed by atoms with van der Waals surface area (Å²) in [6.07, 6.45) is 1.58. The van der Waals surface area contributed by atoms with E-state index in [9.17, 15) is 26.4 Å². The molecule has 13 nitrogen and oxygen atoms in total. The van der Waals surface area contributed by atoms with Gasteiger partial charge in [0.15, 0.2) is 0 Å². The SMILES string of the molecule is C=CC(=O)Nc1cccc(N/C(N=C)=C(/C=N\CNC2=C/C=C/NCCN(S(=O)(=O)N(C)C)CC/N=C\2OC)C(F)(F)F)c1. The van der Waals surface area contributed by atoms with Crippen molar-refractivity contribution in [3.8, 4) is 0 Å². The van der Waals surface area contributed by atoms with Crippen molar-refractivity contribution < 1.29 is 31.1 Å². The fourth-order valence-corrected chi connectivity index (χ4v) is 4.62. The van der Waals surface area contributed by atoms with Gasteiger partial charge in [0.1, 0.15) is 18.1 Å². The molecule has 0 fully saturated rings. The third-order valence-corrected chi connectivity index (χ3v) is 7.62. The van der Waals surface area contributed by atoms with Gasteiger partial charge in [0.25, 0.3) is 10.2 Å². The number of hydrogen-bond donors (Lipinski definition) is 4. The lowest BCUT2D eigenvalue weighted by Gasteiger charge is -2.25. The Morgan fingerprint density at radius 3 is 2.57 bits per heavy atom. The minimum absolute atomic E-state index is 0.0573. The van der Waals surface area contributed by atoms with E-state index in [2.05, 4.69) is 49.5 Å². The number of nitrogens with one attached hydrogen (secondary N) is 4. The number of amides is 1. The predicted molar refractivity (Wildman–Crippen MR) is 167 cm³/mol. The Morgan fingerprint density at radius 1 is 1.25 bits per heavy atom. The van der Waals surface area contributed by atoms with Crippen molar-refractivity contribution in [1.82, 2.24) is 19.2 Å². The quantitative estimate of drug-likeness (QED) is 0.215. The number of ether oxygens (including phenoxy) is 1. The number of hydrogen-bond acceptors (Lipinski definition) is 10. The van der Waals surface area contributed by atoms with Crippen LogP contribution < -0.4 is 21.3 Å². The van der Waals surface area contributed by atoms with Crippen molar-refractivity contribution >= 4 is 46.3 Å². The number of benzene rings is 1. The molecule has 0 saturated heterocycles. The summed E-state index contributed by atoms with van der Waals surface area (Å²) in [6, 6.07) is 5.98. The molecule has 1 amide bonds. The van der Waals surface area contributed by atoms with Gasteiger partial charge in [0.2, 0.25) is 11.8 Å². The Morgan fingerprint density at radius 2 is 1.95 bits per heavy atom. The smallest absolute Gasteiger partial charge is 0.421 e. The molecule has 0 bridgehead atoms. The van der Waals surface area contributed by atoms with Crippen molar-refractivity contribution in [3.05, 3.63) is 72.4 Å². The zero-order valence-electron chi connectivity index (χ0n) is 24.6. The summed E-state index contributed by atoms with van der Waals surface area (Å²) < 4.78 is 75.0. The van der Waals surface area contributed by atoms with Gasteiger partial charge in [-0.25, -0.2) is 9.98 Å². The monoisotopic (exact) mass is 639 g/mol. The second-order valence-corrected chi connectivity index (χ2v) is 11.1.